The minimum Gasteiger partial charge on any atom is -0.380 e. The second-order valence-electron chi connectivity index (χ2n) is 4.40. The summed E-state index contributed by atoms with van der Waals surface area (Å²) in [6, 6.07) is 0. The largest absolute Gasteiger partial charge is 0.380 e. The third kappa shape index (κ3) is 4.38. The average Bonchev–Trinajstić information content (AvgIpc) is 2.40. The Bertz CT molecular complexity index is 331. The molecule has 1 saturated heterocycles. The Morgan fingerprint density at radius 1 is 1.56 bits per heavy atom. The summed E-state index contributed by atoms with van der Waals surface area (Å²) in [5, 5.41) is -0.337. The van der Waals surface area contributed by atoms with Crippen molar-refractivity contribution in [1.82, 2.24) is 4.90 Å². The molecule has 7 heteroatoms. The van der Waals surface area contributed by atoms with Crippen LogP contribution in [0.3, 0.4) is 0 Å². The summed E-state index contributed by atoms with van der Waals surface area (Å²) in [5.41, 5.74) is 5.58. The highest BCUT2D eigenvalue weighted by Crippen LogP contribution is 2.21. The maximum atomic E-state index is 12.0. The van der Waals surface area contributed by atoms with Gasteiger partial charge in [0.2, 0.25) is 0 Å². The average molecular weight is 296 g/mol. The van der Waals surface area contributed by atoms with Crippen molar-refractivity contribution in [3.05, 3.63) is 0 Å². The monoisotopic (exact) mass is 296 g/mol. The van der Waals surface area contributed by atoms with Gasteiger partial charge in [0, 0.05) is 44.0 Å². The maximum Gasteiger partial charge on any atom is 0.166 e. The van der Waals surface area contributed by atoms with E-state index in [1.807, 2.05) is 0 Å². The van der Waals surface area contributed by atoms with Crippen LogP contribution in [0.1, 0.15) is 13.3 Å². The Hall–Kier alpha value is 0.180. The number of thioether (sulfide) groups is 1. The van der Waals surface area contributed by atoms with Gasteiger partial charge in [-0.3, -0.25) is 4.90 Å². The fourth-order valence-electron chi connectivity index (χ4n) is 2.04. The molecule has 0 spiro atoms. The van der Waals surface area contributed by atoms with Gasteiger partial charge in [0.1, 0.15) is 5.37 Å². The molecule has 0 radical (unpaired) electrons. The molecule has 0 saturated carbocycles. The van der Waals surface area contributed by atoms with Crippen molar-refractivity contribution < 1.29 is 13.2 Å². The number of nitrogens with two attached hydrogens (primary N) is 1. The zero-order chi connectivity index (χ0) is 13.6. The second-order valence-corrected chi connectivity index (χ2v) is 8.00. The number of sulfone groups is 1. The van der Waals surface area contributed by atoms with Crippen LogP contribution in [0.2, 0.25) is 0 Å². The minimum absolute atomic E-state index is 0.0181. The van der Waals surface area contributed by atoms with Crippen LogP contribution in [0.25, 0.3) is 0 Å². The maximum absolute atomic E-state index is 12.0. The fourth-order valence-corrected chi connectivity index (χ4v) is 5.15. The molecule has 1 aliphatic heterocycles. The lowest BCUT2D eigenvalue weighted by molar-refractivity contribution is 0.0888. The number of rotatable bonds is 7. The molecule has 1 aliphatic rings. The highest BCUT2D eigenvalue weighted by Gasteiger charge is 2.32. The Balaban J connectivity index is 2.60. The van der Waals surface area contributed by atoms with Gasteiger partial charge in [-0.2, -0.15) is 11.8 Å². The molecule has 0 amide bonds. The zero-order valence-electron chi connectivity index (χ0n) is 11.2. The summed E-state index contributed by atoms with van der Waals surface area (Å²) in [5.74, 6) is 1.88. The molecular formula is C11H24N2O3S2. The van der Waals surface area contributed by atoms with Gasteiger partial charge >= 0.3 is 0 Å². The smallest absolute Gasteiger partial charge is 0.166 e. The molecule has 0 bridgehead atoms. The first-order valence-corrected chi connectivity index (χ1v) is 9.18. The van der Waals surface area contributed by atoms with E-state index >= 15 is 0 Å². The molecule has 2 unspecified atom stereocenters. The van der Waals surface area contributed by atoms with Gasteiger partial charge in [-0.15, -0.1) is 0 Å². The van der Waals surface area contributed by atoms with E-state index in [0.29, 0.717) is 12.3 Å². The van der Waals surface area contributed by atoms with Gasteiger partial charge in [0.15, 0.2) is 9.84 Å². The van der Waals surface area contributed by atoms with Crippen LogP contribution in [0.5, 0.6) is 0 Å². The third-order valence-corrected chi connectivity index (χ3v) is 6.67. The first-order chi connectivity index (χ1) is 8.55. The Morgan fingerprint density at radius 2 is 2.28 bits per heavy atom. The van der Waals surface area contributed by atoms with E-state index in [4.69, 9.17) is 10.5 Å². The first kappa shape index (κ1) is 16.2. The van der Waals surface area contributed by atoms with Crippen LogP contribution in [-0.2, 0) is 14.6 Å². The highest BCUT2D eigenvalue weighted by molar-refractivity contribution is 8.01. The van der Waals surface area contributed by atoms with Crippen molar-refractivity contribution in [2.24, 2.45) is 5.73 Å². The molecule has 0 aromatic heterocycles. The van der Waals surface area contributed by atoms with Gasteiger partial charge in [-0.05, 0) is 6.42 Å². The highest BCUT2D eigenvalue weighted by atomic mass is 32.2. The number of hydrogen-bond acceptors (Lipinski definition) is 6. The molecule has 1 fully saturated rings. The summed E-state index contributed by atoms with van der Waals surface area (Å²) in [6.07, 6.45) is 0.803. The summed E-state index contributed by atoms with van der Waals surface area (Å²) in [6.45, 7) is 3.75. The van der Waals surface area contributed by atoms with E-state index in [-0.39, 0.29) is 17.2 Å². The molecule has 0 aromatic rings. The van der Waals surface area contributed by atoms with Crippen LogP contribution in [-0.4, -0.2) is 68.8 Å². The summed E-state index contributed by atoms with van der Waals surface area (Å²) >= 11 is 1.72. The lowest BCUT2D eigenvalue weighted by Crippen LogP contribution is -2.48. The van der Waals surface area contributed by atoms with Crippen molar-refractivity contribution >= 4 is 21.6 Å². The standard InChI is InChI=1S/C11H24N2O3S2/c1-3-18(14,15)11-9-17-7-6-13(11)5-4-10(8-12)16-2/h10-11H,3-9,12H2,1-2H3. The first-order valence-electron chi connectivity index (χ1n) is 6.31. The van der Waals surface area contributed by atoms with E-state index < -0.39 is 9.84 Å². The topological polar surface area (TPSA) is 72.6 Å². The predicted molar refractivity (Wildman–Crippen MR) is 76.6 cm³/mol. The van der Waals surface area contributed by atoms with E-state index in [2.05, 4.69) is 4.90 Å². The van der Waals surface area contributed by atoms with Crippen LogP contribution < -0.4 is 5.73 Å². The predicted octanol–water partition coefficient (Wildman–Crippen LogP) is 0.160. The van der Waals surface area contributed by atoms with E-state index in [1.54, 1.807) is 25.8 Å². The number of methoxy groups -OCH3 is 1. The third-order valence-electron chi connectivity index (χ3n) is 3.34. The molecule has 5 nitrogen and oxygen atoms in total. The summed E-state index contributed by atoms with van der Waals surface area (Å²) in [4.78, 5) is 2.07. The Labute approximate surface area is 114 Å². The van der Waals surface area contributed by atoms with Crippen molar-refractivity contribution in [3.8, 4) is 0 Å². The summed E-state index contributed by atoms with van der Waals surface area (Å²) in [7, 11) is -1.36. The van der Waals surface area contributed by atoms with E-state index in [9.17, 15) is 8.42 Å². The molecule has 1 rings (SSSR count). The van der Waals surface area contributed by atoms with Gasteiger partial charge in [-0.1, -0.05) is 6.92 Å². The normalized spacial score (nSPS) is 24.1. The molecule has 2 atom stereocenters. The van der Waals surface area contributed by atoms with Crippen LogP contribution in [0.4, 0.5) is 0 Å². The van der Waals surface area contributed by atoms with Crippen molar-refractivity contribution in [1.29, 1.82) is 0 Å². The number of ether oxygens (including phenoxy) is 1. The van der Waals surface area contributed by atoms with Crippen LogP contribution in [0, 0.1) is 0 Å². The van der Waals surface area contributed by atoms with Crippen molar-refractivity contribution in [3.63, 3.8) is 0 Å². The Kier molecular flexibility index (Phi) is 6.94. The van der Waals surface area contributed by atoms with Crippen molar-refractivity contribution in [2.75, 3.05) is 44.0 Å². The van der Waals surface area contributed by atoms with Gasteiger partial charge in [-0.25, -0.2) is 8.42 Å². The van der Waals surface area contributed by atoms with Gasteiger partial charge < -0.3 is 10.5 Å². The molecule has 108 valence electrons. The lowest BCUT2D eigenvalue weighted by Gasteiger charge is -2.35. The molecule has 1 heterocycles. The van der Waals surface area contributed by atoms with Gasteiger partial charge in [0.25, 0.3) is 0 Å². The zero-order valence-corrected chi connectivity index (χ0v) is 12.8. The Morgan fingerprint density at radius 3 is 2.83 bits per heavy atom. The number of hydrogen-bond donors (Lipinski definition) is 1. The summed E-state index contributed by atoms with van der Waals surface area (Å²) < 4.78 is 29.3. The molecule has 0 aromatic carbocycles. The van der Waals surface area contributed by atoms with Crippen LogP contribution in [0.15, 0.2) is 0 Å². The van der Waals surface area contributed by atoms with E-state index in [1.165, 1.54) is 0 Å². The molecular weight excluding hydrogens is 272 g/mol. The molecule has 18 heavy (non-hydrogen) atoms. The molecule has 0 aliphatic carbocycles. The minimum atomic E-state index is -3.00. The number of nitrogens with zero attached hydrogens (tertiary/aromatic N) is 1. The SMILES string of the molecule is CCS(=O)(=O)C1CSCCN1CCC(CN)OC. The van der Waals surface area contributed by atoms with Crippen LogP contribution >= 0.6 is 11.8 Å². The fraction of sp³-hybridized carbons (Fsp3) is 1.00. The second kappa shape index (κ2) is 7.69. The van der Waals surface area contributed by atoms with Gasteiger partial charge in [0.05, 0.1) is 6.10 Å². The van der Waals surface area contributed by atoms with Crippen molar-refractivity contribution in [2.45, 2.75) is 24.8 Å². The lowest BCUT2D eigenvalue weighted by atomic mass is 10.2. The quantitative estimate of drug-likeness (QED) is 0.721. The van der Waals surface area contributed by atoms with E-state index in [0.717, 1.165) is 25.3 Å². The molecule has 2 N–H and O–H groups in total.